The van der Waals surface area contributed by atoms with E-state index < -0.39 is 0 Å². The Morgan fingerprint density at radius 3 is 2.22 bits per heavy atom. The van der Waals surface area contributed by atoms with Gasteiger partial charge in [-0.05, 0) is 40.2 Å². The van der Waals surface area contributed by atoms with E-state index in [1.807, 2.05) is 0 Å². The first-order valence-electron chi connectivity index (χ1n) is 6.70. The molecule has 0 atom stereocenters. The Bertz CT molecular complexity index is 505. The maximum atomic E-state index is 2.36. The van der Waals surface area contributed by atoms with Crippen molar-refractivity contribution >= 4 is 6.08 Å². The van der Waals surface area contributed by atoms with Crippen molar-refractivity contribution in [1.29, 1.82) is 0 Å². The van der Waals surface area contributed by atoms with Gasteiger partial charge in [-0.2, -0.15) is 0 Å². The van der Waals surface area contributed by atoms with Crippen molar-refractivity contribution < 1.29 is 0 Å². The molecule has 18 heavy (non-hydrogen) atoms. The number of hydrogen-bond donors (Lipinski definition) is 0. The first kappa shape index (κ1) is 12.9. The summed E-state index contributed by atoms with van der Waals surface area (Å²) in [6.07, 6.45) is 8.08. The number of rotatable bonds is 2. The van der Waals surface area contributed by atoms with Crippen molar-refractivity contribution in [3.8, 4) is 0 Å². The van der Waals surface area contributed by atoms with Gasteiger partial charge in [-0.15, -0.1) is 0 Å². The summed E-state index contributed by atoms with van der Waals surface area (Å²) >= 11 is 0. The number of allylic oxidation sites excluding steroid dienone is 5. The summed E-state index contributed by atoms with van der Waals surface area (Å²) in [5, 5.41) is 0. The van der Waals surface area contributed by atoms with Crippen LogP contribution in [0, 0.1) is 5.41 Å². The molecule has 0 amide bonds. The Balaban J connectivity index is 2.40. The predicted octanol–water partition coefficient (Wildman–Crippen LogP) is 5.39. The van der Waals surface area contributed by atoms with Gasteiger partial charge in [0.2, 0.25) is 0 Å². The van der Waals surface area contributed by atoms with Crippen LogP contribution in [-0.2, 0) is 0 Å². The van der Waals surface area contributed by atoms with Crippen molar-refractivity contribution in [3.05, 3.63) is 64.8 Å². The molecule has 1 aliphatic rings. The molecule has 0 nitrogen and oxygen atoms in total. The molecule has 2 rings (SSSR count). The summed E-state index contributed by atoms with van der Waals surface area (Å²) in [4.78, 5) is 0. The molecular formula is C18H22. The SMILES string of the molecule is CCC1=CC(=Cc2ccccc2)C(C(C)(C)C)=C1. The maximum Gasteiger partial charge on any atom is -0.0126 e. The Hall–Kier alpha value is -1.56. The molecule has 0 bridgehead atoms. The minimum absolute atomic E-state index is 0.202. The molecule has 0 unspecified atom stereocenters. The second-order valence-corrected chi connectivity index (χ2v) is 5.89. The fraction of sp³-hybridized carbons (Fsp3) is 0.333. The van der Waals surface area contributed by atoms with E-state index in [9.17, 15) is 0 Å². The van der Waals surface area contributed by atoms with E-state index in [2.05, 4.69) is 76.3 Å². The van der Waals surface area contributed by atoms with Gasteiger partial charge in [-0.25, -0.2) is 0 Å². The van der Waals surface area contributed by atoms with Crippen LogP contribution in [0.3, 0.4) is 0 Å². The lowest BCUT2D eigenvalue weighted by Gasteiger charge is -2.22. The van der Waals surface area contributed by atoms with Crippen LogP contribution in [0.1, 0.15) is 39.7 Å². The Labute approximate surface area is 111 Å². The molecule has 0 radical (unpaired) electrons. The van der Waals surface area contributed by atoms with Crippen LogP contribution in [0.15, 0.2) is 59.2 Å². The van der Waals surface area contributed by atoms with Gasteiger partial charge in [0.15, 0.2) is 0 Å². The third-order valence-corrected chi connectivity index (χ3v) is 3.32. The van der Waals surface area contributed by atoms with Gasteiger partial charge in [0.1, 0.15) is 0 Å². The highest BCUT2D eigenvalue weighted by atomic mass is 14.3. The molecule has 0 aromatic heterocycles. The highest BCUT2D eigenvalue weighted by molar-refractivity contribution is 5.68. The van der Waals surface area contributed by atoms with Crippen molar-refractivity contribution in [1.82, 2.24) is 0 Å². The molecule has 0 saturated heterocycles. The lowest BCUT2D eigenvalue weighted by atomic mass is 9.83. The second-order valence-electron chi connectivity index (χ2n) is 5.89. The highest BCUT2D eigenvalue weighted by Crippen LogP contribution is 2.38. The smallest absolute Gasteiger partial charge is 0.0126 e. The van der Waals surface area contributed by atoms with Crippen LogP contribution >= 0.6 is 0 Å². The second kappa shape index (κ2) is 4.97. The minimum atomic E-state index is 0.202. The van der Waals surface area contributed by atoms with Crippen LogP contribution in [0.5, 0.6) is 0 Å². The van der Waals surface area contributed by atoms with Crippen molar-refractivity contribution in [2.75, 3.05) is 0 Å². The molecule has 0 N–H and O–H groups in total. The summed E-state index contributed by atoms with van der Waals surface area (Å²) < 4.78 is 0. The van der Waals surface area contributed by atoms with Crippen molar-refractivity contribution in [3.63, 3.8) is 0 Å². The van der Waals surface area contributed by atoms with Gasteiger partial charge in [0.05, 0.1) is 0 Å². The average Bonchev–Trinajstić information content (AvgIpc) is 2.73. The summed E-state index contributed by atoms with van der Waals surface area (Å²) in [6, 6.07) is 10.6. The Morgan fingerprint density at radius 1 is 1.00 bits per heavy atom. The van der Waals surface area contributed by atoms with Crippen LogP contribution in [0.2, 0.25) is 0 Å². The van der Waals surface area contributed by atoms with Gasteiger partial charge >= 0.3 is 0 Å². The van der Waals surface area contributed by atoms with E-state index in [1.54, 1.807) is 0 Å². The molecule has 0 saturated carbocycles. The zero-order valence-electron chi connectivity index (χ0n) is 11.8. The van der Waals surface area contributed by atoms with E-state index in [-0.39, 0.29) is 5.41 Å². The van der Waals surface area contributed by atoms with E-state index in [0.717, 1.165) is 6.42 Å². The Morgan fingerprint density at radius 2 is 1.67 bits per heavy atom. The quantitative estimate of drug-likeness (QED) is 0.647. The Kier molecular flexibility index (Phi) is 3.56. The standard InChI is InChI=1S/C18H22/c1-5-14-11-16(17(13-14)18(2,3)4)12-15-9-7-6-8-10-15/h6-13H,5H2,1-4H3. The summed E-state index contributed by atoms with van der Waals surface area (Å²) in [5.74, 6) is 0. The van der Waals surface area contributed by atoms with Crippen molar-refractivity contribution in [2.45, 2.75) is 34.1 Å². The van der Waals surface area contributed by atoms with Gasteiger partial charge in [0, 0.05) is 0 Å². The largest absolute Gasteiger partial charge is 0.0622 e. The number of hydrogen-bond acceptors (Lipinski definition) is 0. The summed E-state index contributed by atoms with van der Waals surface area (Å²) in [5.41, 5.74) is 5.72. The first-order valence-corrected chi connectivity index (χ1v) is 6.70. The van der Waals surface area contributed by atoms with E-state index in [4.69, 9.17) is 0 Å². The normalized spacial score (nSPS) is 17.9. The topological polar surface area (TPSA) is 0 Å². The highest BCUT2D eigenvalue weighted by Gasteiger charge is 2.23. The van der Waals surface area contributed by atoms with Crippen molar-refractivity contribution in [2.24, 2.45) is 5.41 Å². The fourth-order valence-corrected chi connectivity index (χ4v) is 2.29. The van der Waals surface area contributed by atoms with Gasteiger partial charge in [0.25, 0.3) is 0 Å². The monoisotopic (exact) mass is 238 g/mol. The van der Waals surface area contributed by atoms with Crippen LogP contribution in [-0.4, -0.2) is 0 Å². The van der Waals surface area contributed by atoms with Gasteiger partial charge in [-0.3, -0.25) is 0 Å². The minimum Gasteiger partial charge on any atom is -0.0622 e. The lowest BCUT2D eigenvalue weighted by Crippen LogP contribution is -2.09. The first-order chi connectivity index (χ1) is 8.50. The van der Waals surface area contributed by atoms with Crippen LogP contribution in [0.4, 0.5) is 0 Å². The molecule has 1 aromatic rings. The molecule has 0 spiro atoms. The van der Waals surface area contributed by atoms with Gasteiger partial charge in [-0.1, -0.05) is 70.2 Å². The molecule has 1 aliphatic carbocycles. The van der Waals surface area contributed by atoms with E-state index >= 15 is 0 Å². The molecule has 0 heterocycles. The fourth-order valence-electron chi connectivity index (χ4n) is 2.29. The van der Waals surface area contributed by atoms with Crippen LogP contribution in [0.25, 0.3) is 6.08 Å². The predicted molar refractivity (Wildman–Crippen MR) is 80.3 cm³/mol. The zero-order valence-corrected chi connectivity index (χ0v) is 11.8. The zero-order chi connectivity index (χ0) is 13.2. The average molecular weight is 238 g/mol. The summed E-state index contributed by atoms with van der Waals surface area (Å²) in [6.45, 7) is 9.06. The molecule has 0 fully saturated rings. The lowest BCUT2D eigenvalue weighted by molar-refractivity contribution is 0.514. The van der Waals surface area contributed by atoms with E-state index in [1.165, 1.54) is 22.3 Å². The molecule has 1 aromatic carbocycles. The van der Waals surface area contributed by atoms with E-state index in [0.29, 0.717) is 0 Å². The third-order valence-electron chi connectivity index (χ3n) is 3.32. The molecular weight excluding hydrogens is 216 g/mol. The van der Waals surface area contributed by atoms with Crippen LogP contribution < -0.4 is 0 Å². The maximum absolute atomic E-state index is 2.36. The van der Waals surface area contributed by atoms with Gasteiger partial charge < -0.3 is 0 Å². The number of benzene rings is 1. The molecule has 0 heteroatoms. The molecule has 94 valence electrons. The third kappa shape index (κ3) is 2.81. The summed E-state index contributed by atoms with van der Waals surface area (Å²) in [7, 11) is 0. The molecule has 0 aliphatic heterocycles.